The third-order valence-electron chi connectivity index (χ3n) is 4.48. The lowest BCUT2D eigenvalue weighted by Gasteiger charge is -2.37. The molecule has 0 bridgehead atoms. The van der Waals surface area contributed by atoms with Crippen LogP contribution in [0.25, 0.3) is 0 Å². The second kappa shape index (κ2) is 6.89. The van der Waals surface area contributed by atoms with E-state index in [0.29, 0.717) is 19.6 Å². The number of hydrogen-bond donors (Lipinski definition) is 2. The summed E-state index contributed by atoms with van der Waals surface area (Å²) in [7, 11) is 0. The first-order chi connectivity index (χ1) is 11.1. The van der Waals surface area contributed by atoms with Gasteiger partial charge in [0.25, 0.3) is 0 Å². The van der Waals surface area contributed by atoms with E-state index in [-0.39, 0.29) is 6.09 Å². The van der Waals surface area contributed by atoms with Gasteiger partial charge in [0.05, 0.1) is 0 Å². The number of nitrogens with two attached hydrogens (primary N) is 2. The first-order valence-corrected chi connectivity index (χ1v) is 8.45. The average molecular weight is 334 g/mol. The second-order valence-electron chi connectivity index (χ2n) is 7.38. The minimum atomic E-state index is -0.466. The Balaban J connectivity index is 2.10. The van der Waals surface area contributed by atoms with Gasteiger partial charge in [0.15, 0.2) is 0 Å². The average Bonchev–Trinajstić information content (AvgIpc) is 2.52. The van der Waals surface area contributed by atoms with Gasteiger partial charge in [-0.1, -0.05) is 0 Å². The molecule has 0 spiro atoms. The van der Waals surface area contributed by atoms with Crippen molar-refractivity contribution in [2.24, 2.45) is 5.73 Å². The highest BCUT2D eigenvalue weighted by Crippen LogP contribution is 2.31. The maximum atomic E-state index is 12.2. The number of nitrogens with zero attached hydrogens (tertiary/aromatic N) is 2. The molecule has 1 aliphatic heterocycles. The molecule has 0 unspecified atom stereocenters. The summed E-state index contributed by atoms with van der Waals surface area (Å²) in [6.45, 7) is 13.0. The molecule has 134 valence electrons. The summed E-state index contributed by atoms with van der Waals surface area (Å²) in [5.41, 5.74) is 16.8. The molecular formula is C18H30N4O2. The van der Waals surface area contributed by atoms with E-state index >= 15 is 0 Å². The van der Waals surface area contributed by atoms with Crippen LogP contribution in [-0.4, -0.2) is 42.8 Å². The van der Waals surface area contributed by atoms with Gasteiger partial charge in [0.2, 0.25) is 0 Å². The molecule has 1 amide bonds. The van der Waals surface area contributed by atoms with Crippen molar-refractivity contribution in [2.75, 3.05) is 36.8 Å². The zero-order chi connectivity index (χ0) is 18.1. The molecule has 4 N–H and O–H groups in total. The molecule has 0 saturated carbocycles. The molecule has 0 aromatic heterocycles. The third-order valence-corrected chi connectivity index (χ3v) is 4.48. The minimum Gasteiger partial charge on any atom is -0.444 e. The number of anilines is 2. The Morgan fingerprint density at radius 1 is 1.17 bits per heavy atom. The van der Waals surface area contributed by atoms with Gasteiger partial charge in [-0.25, -0.2) is 4.79 Å². The Kier molecular flexibility index (Phi) is 5.28. The molecule has 1 fully saturated rings. The minimum absolute atomic E-state index is 0.245. The molecular weight excluding hydrogens is 304 g/mol. The van der Waals surface area contributed by atoms with Crippen LogP contribution >= 0.6 is 0 Å². The Morgan fingerprint density at radius 2 is 1.75 bits per heavy atom. The molecule has 1 aromatic carbocycles. The number of amides is 1. The van der Waals surface area contributed by atoms with E-state index in [1.807, 2.05) is 34.6 Å². The third kappa shape index (κ3) is 3.93. The van der Waals surface area contributed by atoms with Crippen molar-refractivity contribution >= 4 is 17.5 Å². The first-order valence-electron chi connectivity index (χ1n) is 8.45. The van der Waals surface area contributed by atoms with Gasteiger partial charge in [-0.2, -0.15) is 0 Å². The van der Waals surface area contributed by atoms with Crippen molar-refractivity contribution < 1.29 is 9.53 Å². The number of carbonyl (C=O) groups is 1. The van der Waals surface area contributed by atoms with Crippen molar-refractivity contribution in [2.45, 2.75) is 46.8 Å². The quantitative estimate of drug-likeness (QED) is 0.811. The van der Waals surface area contributed by atoms with Gasteiger partial charge in [0.1, 0.15) is 5.60 Å². The fourth-order valence-electron chi connectivity index (χ4n) is 2.97. The van der Waals surface area contributed by atoms with E-state index in [4.69, 9.17) is 16.2 Å². The second-order valence-corrected chi connectivity index (χ2v) is 7.38. The Hall–Kier alpha value is -1.95. The van der Waals surface area contributed by atoms with E-state index < -0.39 is 5.60 Å². The van der Waals surface area contributed by atoms with Crippen LogP contribution in [0.5, 0.6) is 0 Å². The molecule has 0 radical (unpaired) electrons. The number of carbonyl (C=O) groups excluding carboxylic acids is 1. The summed E-state index contributed by atoms with van der Waals surface area (Å²) in [6, 6.07) is 2.13. The number of hydrogen-bond acceptors (Lipinski definition) is 5. The van der Waals surface area contributed by atoms with Gasteiger partial charge >= 0.3 is 6.09 Å². The summed E-state index contributed by atoms with van der Waals surface area (Å²) in [5, 5.41) is 0. The normalized spacial score (nSPS) is 15.6. The van der Waals surface area contributed by atoms with Crippen LogP contribution in [0.4, 0.5) is 16.2 Å². The predicted molar refractivity (Wildman–Crippen MR) is 98.2 cm³/mol. The summed E-state index contributed by atoms with van der Waals surface area (Å²) < 4.78 is 5.45. The zero-order valence-electron chi connectivity index (χ0n) is 15.5. The highest BCUT2D eigenvalue weighted by atomic mass is 16.6. The van der Waals surface area contributed by atoms with E-state index in [1.54, 1.807) is 4.90 Å². The molecule has 6 heteroatoms. The largest absolute Gasteiger partial charge is 0.444 e. The number of rotatable bonds is 2. The monoisotopic (exact) mass is 334 g/mol. The van der Waals surface area contributed by atoms with Crippen molar-refractivity contribution in [1.29, 1.82) is 0 Å². The van der Waals surface area contributed by atoms with Crippen LogP contribution in [0.1, 0.15) is 37.5 Å². The van der Waals surface area contributed by atoms with Gasteiger partial charge in [0, 0.05) is 44.1 Å². The van der Waals surface area contributed by atoms with Crippen LogP contribution in [-0.2, 0) is 11.3 Å². The van der Waals surface area contributed by atoms with E-state index in [9.17, 15) is 4.79 Å². The summed E-state index contributed by atoms with van der Waals surface area (Å²) in [5.74, 6) is 0. The predicted octanol–water partition coefficient (Wildman–Crippen LogP) is 2.40. The Morgan fingerprint density at radius 3 is 2.25 bits per heavy atom. The smallest absolute Gasteiger partial charge is 0.410 e. The van der Waals surface area contributed by atoms with Crippen LogP contribution in [0, 0.1) is 13.8 Å². The topological polar surface area (TPSA) is 84.8 Å². The van der Waals surface area contributed by atoms with Gasteiger partial charge in [-0.05, 0) is 57.4 Å². The van der Waals surface area contributed by atoms with Gasteiger partial charge in [-0.3, -0.25) is 0 Å². The van der Waals surface area contributed by atoms with Gasteiger partial charge < -0.3 is 26.0 Å². The number of ether oxygens (including phenoxy) is 1. The van der Waals surface area contributed by atoms with E-state index in [1.165, 1.54) is 0 Å². The van der Waals surface area contributed by atoms with Crippen molar-refractivity contribution in [3.63, 3.8) is 0 Å². The summed E-state index contributed by atoms with van der Waals surface area (Å²) >= 11 is 0. The number of benzene rings is 1. The Bertz CT molecular complexity index is 614. The molecule has 1 saturated heterocycles. The fraction of sp³-hybridized carbons (Fsp3) is 0.611. The summed E-state index contributed by atoms with van der Waals surface area (Å²) in [4.78, 5) is 16.2. The lowest BCUT2D eigenvalue weighted by Crippen LogP contribution is -2.50. The molecule has 1 heterocycles. The number of nitrogen functional groups attached to an aromatic ring is 1. The van der Waals surface area contributed by atoms with Crippen molar-refractivity contribution in [1.82, 2.24) is 4.90 Å². The van der Waals surface area contributed by atoms with E-state index in [2.05, 4.69) is 11.0 Å². The van der Waals surface area contributed by atoms with Crippen LogP contribution in [0.15, 0.2) is 6.07 Å². The molecule has 0 atom stereocenters. The molecule has 2 rings (SSSR count). The molecule has 24 heavy (non-hydrogen) atoms. The fourth-order valence-corrected chi connectivity index (χ4v) is 2.97. The highest BCUT2D eigenvalue weighted by Gasteiger charge is 2.27. The molecule has 0 aliphatic carbocycles. The lowest BCUT2D eigenvalue weighted by molar-refractivity contribution is 0.0240. The summed E-state index contributed by atoms with van der Waals surface area (Å²) in [6.07, 6.45) is -0.245. The highest BCUT2D eigenvalue weighted by molar-refractivity contribution is 5.71. The maximum Gasteiger partial charge on any atom is 0.410 e. The Labute approximate surface area is 144 Å². The molecule has 6 nitrogen and oxygen atoms in total. The van der Waals surface area contributed by atoms with Crippen LogP contribution in [0.3, 0.4) is 0 Å². The van der Waals surface area contributed by atoms with Crippen molar-refractivity contribution in [3.05, 3.63) is 22.8 Å². The molecule has 1 aromatic rings. The van der Waals surface area contributed by atoms with Crippen molar-refractivity contribution in [3.8, 4) is 0 Å². The standard InChI is InChI=1S/C18H30N4O2/c1-12-14(11-19)10-15(13(2)16(12)20)21-6-8-22(9-7-21)17(23)24-18(3,4)5/h10H,6-9,11,19-20H2,1-5H3. The molecule has 1 aliphatic rings. The van der Waals surface area contributed by atoms with Crippen LogP contribution in [0.2, 0.25) is 0 Å². The lowest BCUT2D eigenvalue weighted by atomic mass is 9.99. The van der Waals surface area contributed by atoms with Gasteiger partial charge in [-0.15, -0.1) is 0 Å². The van der Waals surface area contributed by atoms with Crippen LogP contribution < -0.4 is 16.4 Å². The SMILES string of the molecule is Cc1c(CN)cc(N2CCN(C(=O)OC(C)(C)C)CC2)c(C)c1N. The number of piperazine rings is 1. The maximum absolute atomic E-state index is 12.2. The first kappa shape index (κ1) is 18.4. The zero-order valence-corrected chi connectivity index (χ0v) is 15.5. The van der Waals surface area contributed by atoms with E-state index in [0.717, 1.165) is 41.2 Å².